The third-order valence-corrected chi connectivity index (χ3v) is 3.88. The number of carbonyl (C=O) groups is 2. The topological polar surface area (TPSA) is 59.1 Å². The van der Waals surface area contributed by atoms with Crippen molar-refractivity contribution in [3.05, 3.63) is 35.9 Å². The van der Waals surface area contributed by atoms with E-state index in [1.54, 1.807) is 20.8 Å². The SMILES string of the molecule is [2H]C([2H])([2H])N(C(=O)OC(C)(C)C)C1CCN(C(=O)OCc2ccccc2)CC1. The first kappa shape index (κ1) is 15.0. The van der Waals surface area contributed by atoms with Gasteiger partial charge >= 0.3 is 12.2 Å². The molecule has 1 saturated heterocycles. The molecule has 138 valence electrons. The zero-order chi connectivity index (χ0) is 20.9. The molecule has 25 heavy (non-hydrogen) atoms. The summed E-state index contributed by atoms with van der Waals surface area (Å²) in [5.74, 6) is 0. The number of rotatable bonds is 3. The molecule has 2 amide bonds. The highest BCUT2D eigenvalue weighted by Gasteiger charge is 2.30. The number of benzene rings is 1. The van der Waals surface area contributed by atoms with Gasteiger partial charge in [0.2, 0.25) is 0 Å². The average Bonchev–Trinajstić information content (AvgIpc) is 2.58. The summed E-state index contributed by atoms with van der Waals surface area (Å²) < 4.78 is 33.7. The third kappa shape index (κ3) is 5.96. The first-order chi connectivity index (χ1) is 13.0. The van der Waals surface area contributed by atoms with Gasteiger partial charge in [-0.3, -0.25) is 0 Å². The lowest BCUT2D eigenvalue weighted by Crippen LogP contribution is -2.48. The average molecular weight is 351 g/mol. The van der Waals surface area contributed by atoms with Crippen molar-refractivity contribution in [2.45, 2.75) is 51.9 Å². The van der Waals surface area contributed by atoms with Crippen LogP contribution in [0.2, 0.25) is 0 Å². The minimum Gasteiger partial charge on any atom is -0.445 e. The maximum atomic E-state index is 12.4. The van der Waals surface area contributed by atoms with Gasteiger partial charge in [0.15, 0.2) is 0 Å². The molecule has 6 nitrogen and oxygen atoms in total. The van der Waals surface area contributed by atoms with Crippen LogP contribution in [0.4, 0.5) is 9.59 Å². The number of likely N-dealkylation sites (tertiary alicyclic amines) is 1. The Hall–Kier alpha value is -2.24. The van der Waals surface area contributed by atoms with Gasteiger partial charge < -0.3 is 19.3 Å². The summed E-state index contributed by atoms with van der Waals surface area (Å²) in [5, 5.41) is 0. The highest BCUT2D eigenvalue weighted by molar-refractivity contribution is 5.69. The Bertz CT molecular complexity index is 666. The first-order valence-corrected chi connectivity index (χ1v) is 8.45. The van der Waals surface area contributed by atoms with Crippen LogP contribution in [-0.2, 0) is 16.1 Å². The van der Waals surface area contributed by atoms with E-state index in [0.717, 1.165) is 10.5 Å². The van der Waals surface area contributed by atoms with Gasteiger partial charge in [-0.25, -0.2) is 9.59 Å². The van der Waals surface area contributed by atoms with Crippen LogP contribution < -0.4 is 0 Å². The first-order valence-electron chi connectivity index (χ1n) is 9.95. The Morgan fingerprint density at radius 2 is 1.88 bits per heavy atom. The molecule has 6 heteroatoms. The number of nitrogens with zero attached hydrogens (tertiary/aromatic N) is 2. The van der Waals surface area contributed by atoms with Crippen LogP contribution in [0, 0.1) is 0 Å². The van der Waals surface area contributed by atoms with E-state index in [4.69, 9.17) is 13.6 Å². The second kappa shape index (κ2) is 8.23. The van der Waals surface area contributed by atoms with Gasteiger partial charge in [-0.05, 0) is 39.2 Å². The highest BCUT2D eigenvalue weighted by atomic mass is 16.6. The molecule has 0 aromatic heterocycles. The fourth-order valence-corrected chi connectivity index (χ4v) is 2.58. The van der Waals surface area contributed by atoms with Gasteiger partial charge in [0.1, 0.15) is 12.2 Å². The predicted octanol–water partition coefficient (Wildman–Crippen LogP) is 3.65. The van der Waals surface area contributed by atoms with Crippen molar-refractivity contribution in [2.24, 2.45) is 0 Å². The lowest BCUT2D eigenvalue weighted by Gasteiger charge is -2.36. The minimum absolute atomic E-state index is 0.179. The summed E-state index contributed by atoms with van der Waals surface area (Å²) in [6, 6.07) is 8.84. The molecule has 0 aliphatic carbocycles. The van der Waals surface area contributed by atoms with E-state index in [1.165, 1.54) is 4.90 Å². The van der Waals surface area contributed by atoms with E-state index in [-0.39, 0.29) is 6.61 Å². The van der Waals surface area contributed by atoms with Crippen molar-refractivity contribution in [3.63, 3.8) is 0 Å². The van der Waals surface area contributed by atoms with E-state index in [9.17, 15) is 9.59 Å². The zero-order valence-electron chi connectivity index (χ0n) is 18.0. The molecule has 1 aliphatic rings. The Morgan fingerprint density at radius 3 is 2.44 bits per heavy atom. The molecule has 1 aromatic rings. The fourth-order valence-electron chi connectivity index (χ4n) is 2.58. The number of ether oxygens (including phenoxy) is 2. The van der Waals surface area contributed by atoms with Crippen LogP contribution in [0.3, 0.4) is 0 Å². The van der Waals surface area contributed by atoms with Gasteiger partial charge in [0, 0.05) is 30.2 Å². The van der Waals surface area contributed by atoms with E-state index in [2.05, 4.69) is 0 Å². The summed E-state index contributed by atoms with van der Waals surface area (Å²) in [5.41, 5.74) is 0.104. The number of carbonyl (C=O) groups excluding carboxylic acids is 2. The molecule has 0 atom stereocenters. The van der Waals surface area contributed by atoms with Crippen LogP contribution in [0.1, 0.15) is 43.3 Å². The summed E-state index contributed by atoms with van der Waals surface area (Å²) in [6.45, 7) is 3.26. The second-order valence-corrected chi connectivity index (χ2v) is 7.11. The molecule has 0 saturated carbocycles. The van der Waals surface area contributed by atoms with Crippen molar-refractivity contribution >= 4 is 12.2 Å². The molecule has 0 unspecified atom stereocenters. The summed E-state index contributed by atoms with van der Waals surface area (Å²) in [4.78, 5) is 27.0. The lowest BCUT2D eigenvalue weighted by molar-refractivity contribution is 0.0147. The van der Waals surface area contributed by atoms with Crippen LogP contribution in [0.25, 0.3) is 0 Å². The summed E-state index contributed by atoms with van der Waals surface area (Å²) in [6.07, 6.45) is -0.617. The normalized spacial score (nSPS) is 17.9. The van der Waals surface area contributed by atoms with Gasteiger partial charge in [0.25, 0.3) is 0 Å². The predicted molar refractivity (Wildman–Crippen MR) is 95.2 cm³/mol. The number of hydrogen-bond acceptors (Lipinski definition) is 4. The summed E-state index contributed by atoms with van der Waals surface area (Å²) >= 11 is 0. The molecule has 0 spiro atoms. The molecule has 1 aromatic carbocycles. The van der Waals surface area contributed by atoms with Crippen molar-refractivity contribution in [2.75, 3.05) is 20.1 Å². The Kier molecular flexibility index (Phi) is 4.95. The highest BCUT2D eigenvalue weighted by Crippen LogP contribution is 2.19. The van der Waals surface area contributed by atoms with Crippen LogP contribution in [-0.4, -0.2) is 53.7 Å². The Labute approximate surface area is 153 Å². The maximum Gasteiger partial charge on any atom is 0.410 e. The van der Waals surface area contributed by atoms with Gasteiger partial charge in [0.05, 0.1) is 0 Å². The van der Waals surface area contributed by atoms with Crippen LogP contribution >= 0.6 is 0 Å². The smallest absolute Gasteiger partial charge is 0.410 e. The zero-order valence-corrected chi connectivity index (χ0v) is 15.0. The minimum atomic E-state index is -2.61. The van der Waals surface area contributed by atoms with Gasteiger partial charge in [-0.1, -0.05) is 30.3 Å². The van der Waals surface area contributed by atoms with Gasteiger partial charge in [-0.2, -0.15) is 0 Å². The molecule has 0 radical (unpaired) electrons. The van der Waals surface area contributed by atoms with Crippen LogP contribution in [0.15, 0.2) is 30.3 Å². The molecule has 1 heterocycles. The van der Waals surface area contributed by atoms with E-state index < -0.39 is 30.8 Å². The molecule has 2 rings (SSSR count). The van der Waals surface area contributed by atoms with Crippen LogP contribution in [0.5, 0.6) is 0 Å². The van der Waals surface area contributed by atoms with Gasteiger partial charge in [-0.15, -0.1) is 0 Å². The standard InChI is InChI=1S/C19H28N2O4/c1-19(2,3)25-17(22)20(4)16-10-12-21(13-11-16)18(23)24-14-15-8-6-5-7-9-15/h5-9,16H,10-14H2,1-4H3/i4D3. The molecule has 1 aliphatic heterocycles. The molecular weight excluding hydrogens is 320 g/mol. The van der Waals surface area contributed by atoms with Crippen molar-refractivity contribution in [3.8, 4) is 0 Å². The third-order valence-electron chi connectivity index (χ3n) is 3.88. The summed E-state index contributed by atoms with van der Waals surface area (Å²) in [7, 11) is 0. The Morgan fingerprint density at radius 1 is 1.24 bits per heavy atom. The maximum absolute atomic E-state index is 12.4. The number of amides is 2. The largest absolute Gasteiger partial charge is 0.445 e. The molecule has 0 bridgehead atoms. The van der Waals surface area contributed by atoms with Crippen molar-refractivity contribution in [1.82, 2.24) is 9.80 Å². The molecular formula is C19H28N2O4. The number of hydrogen-bond donors (Lipinski definition) is 0. The fraction of sp³-hybridized carbons (Fsp3) is 0.579. The molecule has 0 N–H and O–H groups in total. The Balaban J connectivity index is 1.92. The van der Waals surface area contributed by atoms with E-state index >= 15 is 0 Å². The monoisotopic (exact) mass is 351 g/mol. The number of piperidine rings is 1. The molecule has 1 fully saturated rings. The van der Waals surface area contributed by atoms with Crippen molar-refractivity contribution in [1.29, 1.82) is 0 Å². The van der Waals surface area contributed by atoms with E-state index in [1.807, 2.05) is 30.3 Å². The second-order valence-electron chi connectivity index (χ2n) is 7.11. The quantitative estimate of drug-likeness (QED) is 0.834. The van der Waals surface area contributed by atoms with E-state index in [0.29, 0.717) is 25.9 Å². The van der Waals surface area contributed by atoms with Crippen molar-refractivity contribution < 1.29 is 23.2 Å². The lowest BCUT2D eigenvalue weighted by atomic mass is 10.0.